The third kappa shape index (κ3) is 2.99. The summed E-state index contributed by atoms with van der Waals surface area (Å²) in [7, 11) is 0. The van der Waals surface area contributed by atoms with Crippen molar-refractivity contribution < 1.29 is 9.59 Å². The molecule has 0 N–H and O–H groups in total. The van der Waals surface area contributed by atoms with Crippen molar-refractivity contribution in [2.24, 2.45) is 0 Å². The van der Waals surface area contributed by atoms with Gasteiger partial charge in [0.2, 0.25) is 11.6 Å². The number of nitrogens with zero attached hydrogens (tertiary/aromatic N) is 4. The van der Waals surface area contributed by atoms with E-state index in [1.54, 1.807) is 24.3 Å². The van der Waals surface area contributed by atoms with Crippen molar-refractivity contribution in [2.75, 3.05) is 31.1 Å². The van der Waals surface area contributed by atoms with Gasteiger partial charge >= 0.3 is 0 Å². The lowest BCUT2D eigenvalue weighted by atomic mass is 9.89. The fourth-order valence-corrected chi connectivity index (χ4v) is 4.33. The first-order valence-corrected chi connectivity index (χ1v) is 10.3. The Hall–Kier alpha value is -3.12. The minimum atomic E-state index is -0.239. The first-order chi connectivity index (χ1) is 14.3. The first-order valence-electron chi connectivity index (χ1n) is 10.3. The number of hydrogen-bond donors (Lipinski definition) is 0. The predicted molar refractivity (Wildman–Crippen MR) is 116 cm³/mol. The molecule has 0 amide bonds. The average molecular weight is 400 g/mol. The topological polar surface area (TPSA) is 66.4 Å². The highest BCUT2D eigenvalue weighted by Gasteiger charge is 2.32. The SMILES string of the molecule is CC(C)(C)N1CCN(c2ccc3nc4c(nc3c2)C(=O)c2ccccc2C4=O)CC1. The van der Waals surface area contributed by atoms with Gasteiger partial charge in [-0.25, -0.2) is 9.97 Å². The van der Waals surface area contributed by atoms with Crippen LogP contribution in [-0.2, 0) is 0 Å². The van der Waals surface area contributed by atoms with Crippen molar-refractivity contribution in [3.63, 3.8) is 0 Å². The molecule has 0 bridgehead atoms. The van der Waals surface area contributed by atoms with Crippen molar-refractivity contribution in [1.29, 1.82) is 0 Å². The fourth-order valence-electron chi connectivity index (χ4n) is 4.33. The van der Waals surface area contributed by atoms with E-state index in [0.29, 0.717) is 22.2 Å². The molecule has 1 aliphatic heterocycles. The minimum Gasteiger partial charge on any atom is -0.369 e. The molecule has 6 nitrogen and oxygen atoms in total. The van der Waals surface area contributed by atoms with Crippen molar-refractivity contribution in [3.05, 3.63) is 65.0 Å². The number of ketones is 2. The highest BCUT2D eigenvalue weighted by atomic mass is 16.1. The van der Waals surface area contributed by atoms with E-state index < -0.39 is 0 Å². The van der Waals surface area contributed by atoms with Gasteiger partial charge in [0, 0.05) is 48.5 Å². The van der Waals surface area contributed by atoms with Gasteiger partial charge in [-0.05, 0) is 39.0 Å². The van der Waals surface area contributed by atoms with E-state index in [9.17, 15) is 9.59 Å². The molecule has 0 radical (unpaired) electrons. The van der Waals surface area contributed by atoms with Gasteiger partial charge in [0.15, 0.2) is 0 Å². The average Bonchev–Trinajstić information content (AvgIpc) is 2.75. The molecule has 0 spiro atoms. The standard InChI is InChI=1S/C24H24N4O2/c1-24(2,3)28-12-10-27(11-13-28)15-8-9-18-19(14-15)26-21-20(25-18)22(29)16-6-4-5-7-17(16)23(21)30/h4-9,14H,10-13H2,1-3H3. The lowest BCUT2D eigenvalue weighted by Crippen LogP contribution is -2.53. The van der Waals surface area contributed by atoms with Gasteiger partial charge in [0.1, 0.15) is 11.4 Å². The van der Waals surface area contributed by atoms with Crippen molar-refractivity contribution in [3.8, 4) is 0 Å². The maximum Gasteiger partial charge on any atom is 0.214 e. The Balaban J connectivity index is 1.50. The third-order valence-electron chi connectivity index (χ3n) is 6.09. The number of aromatic nitrogens is 2. The number of carbonyl (C=O) groups is 2. The lowest BCUT2D eigenvalue weighted by molar-refractivity contribution is 0.0972. The largest absolute Gasteiger partial charge is 0.369 e. The zero-order valence-corrected chi connectivity index (χ0v) is 17.5. The Morgan fingerprint density at radius 3 is 1.90 bits per heavy atom. The molecular weight excluding hydrogens is 376 g/mol. The van der Waals surface area contributed by atoms with E-state index in [-0.39, 0.29) is 28.5 Å². The summed E-state index contributed by atoms with van der Waals surface area (Å²) < 4.78 is 0. The van der Waals surface area contributed by atoms with Crippen LogP contribution in [0.25, 0.3) is 11.0 Å². The Kier molecular flexibility index (Phi) is 4.22. The van der Waals surface area contributed by atoms with Crippen LogP contribution in [0.1, 0.15) is 52.9 Å². The summed E-state index contributed by atoms with van der Waals surface area (Å²) >= 11 is 0. The molecule has 30 heavy (non-hydrogen) atoms. The molecule has 1 aliphatic carbocycles. The molecule has 2 aromatic carbocycles. The Bertz CT molecular complexity index is 1190. The second-order valence-electron chi connectivity index (χ2n) is 8.94. The van der Waals surface area contributed by atoms with Crippen molar-refractivity contribution in [2.45, 2.75) is 26.3 Å². The molecule has 5 rings (SSSR count). The second-order valence-corrected chi connectivity index (χ2v) is 8.94. The van der Waals surface area contributed by atoms with Crippen LogP contribution in [0.5, 0.6) is 0 Å². The molecule has 0 atom stereocenters. The number of anilines is 1. The van der Waals surface area contributed by atoms with Gasteiger partial charge in [-0.1, -0.05) is 24.3 Å². The Morgan fingerprint density at radius 1 is 0.767 bits per heavy atom. The highest BCUT2D eigenvalue weighted by molar-refractivity contribution is 6.27. The van der Waals surface area contributed by atoms with Crippen LogP contribution in [0, 0.1) is 0 Å². The summed E-state index contributed by atoms with van der Waals surface area (Å²) in [5, 5.41) is 0. The summed E-state index contributed by atoms with van der Waals surface area (Å²) in [6.45, 7) is 10.6. The van der Waals surface area contributed by atoms with E-state index in [1.165, 1.54) is 0 Å². The van der Waals surface area contributed by atoms with E-state index in [4.69, 9.17) is 0 Å². The number of rotatable bonds is 1. The van der Waals surface area contributed by atoms with Gasteiger partial charge in [0.05, 0.1) is 11.0 Å². The van der Waals surface area contributed by atoms with Gasteiger partial charge in [0.25, 0.3) is 0 Å². The summed E-state index contributed by atoms with van der Waals surface area (Å²) in [6.07, 6.45) is 0. The molecule has 6 heteroatoms. The molecule has 1 aromatic heterocycles. The van der Waals surface area contributed by atoms with Gasteiger partial charge in [-0.2, -0.15) is 0 Å². The van der Waals surface area contributed by atoms with Crippen LogP contribution < -0.4 is 4.90 Å². The van der Waals surface area contributed by atoms with Crippen LogP contribution in [0.3, 0.4) is 0 Å². The van der Waals surface area contributed by atoms with E-state index in [2.05, 4.69) is 40.5 Å². The van der Waals surface area contributed by atoms with Gasteiger partial charge in [-0.15, -0.1) is 0 Å². The molecule has 0 saturated carbocycles. The third-order valence-corrected chi connectivity index (χ3v) is 6.09. The number of fused-ring (bicyclic) bond motifs is 3. The number of carbonyl (C=O) groups excluding carboxylic acids is 2. The summed E-state index contributed by atoms with van der Waals surface area (Å²) in [5.74, 6) is -0.476. The van der Waals surface area contributed by atoms with Crippen LogP contribution in [0.4, 0.5) is 5.69 Å². The van der Waals surface area contributed by atoms with Gasteiger partial charge < -0.3 is 4.90 Å². The van der Waals surface area contributed by atoms with Crippen molar-refractivity contribution >= 4 is 28.3 Å². The zero-order chi connectivity index (χ0) is 21.0. The molecule has 1 saturated heterocycles. The van der Waals surface area contributed by atoms with Crippen LogP contribution in [0.15, 0.2) is 42.5 Å². The maximum absolute atomic E-state index is 12.9. The Labute approximate surface area is 175 Å². The molecule has 3 aromatic rings. The zero-order valence-electron chi connectivity index (χ0n) is 17.5. The summed E-state index contributed by atoms with van der Waals surface area (Å²) in [6, 6.07) is 12.8. The predicted octanol–water partition coefficient (Wildman–Crippen LogP) is 3.33. The summed E-state index contributed by atoms with van der Waals surface area (Å²) in [4.78, 5) is 39.7. The lowest BCUT2D eigenvalue weighted by Gasteiger charge is -2.43. The van der Waals surface area contributed by atoms with Crippen LogP contribution in [0.2, 0.25) is 0 Å². The van der Waals surface area contributed by atoms with E-state index in [0.717, 1.165) is 31.9 Å². The molecule has 0 unspecified atom stereocenters. The molecular formula is C24H24N4O2. The second kappa shape index (κ2) is 6.71. The molecule has 2 heterocycles. The van der Waals surface area contributed by atoms with Gasteiger partial charge in [-0.3, -0.25) is 14.5 Å². The first kappa shape index (κ1) is 18.9. The normalized spacial score (nSPS) is 17.2. The highest BCUT2D eigenvalue weighted by Crippen LogP contribution is 2.28. The number of benzene rings is 2. The quantitative estimate of drug-likeness (QED) is 0.488. The van der Waals surface area contributed by atoms with Crippen molar-refractivity contribution in [1.82, 2.24) is 14.9 Å². The maximum atomic E-state index is 12.9. The number of piperazine rings is 1. The monoisotopic (exact) mass is 400 g/mol. The molecule has 1 fully saturated rings. The van der Waals surface area contributed by atoms with Crippen LogP contribution >= 0.6 is 0 Å². The number of hydrogen-bond acceptors (Lipinski definition) is 6. The molecule has 152 valence electrons. The van der Waals surface area contributed by atoms with E-state index >= 15 is 0 Å². The Morgan fingerprint density at radius 2 is 1.33 bits per heavy atom. The van der Waals surface area contributed by atoms with E-state index in [1.807, 2.05) is 18.2 Å². The summed E-state index contributed by atoms with van der Waals surface area (Å²) in [5.41, 5.74) is 3.62. The smallest absolute Gasteiger partial charge is 0.214 e. The molecule has 2 aliphatic rings. The minimum absolute atomic E-state index is 0.151. The fraction of sp³-hybridized carbons (Fsp3) is 0.333. The van der Waals surface area contributed by atoms with Crippen LogP contribution in [-0.4, -0.2) is 58.2 Å².